The van der Waals surface area contributed by atoms with Gasteiger partial charge in [0.2, 0.25) is 0 Å². The summed E-state index contributed by atoms with van der Waals surface area (Å²) in [6.45, 7) is 2.10. The summed E-state index contributed by atoms with van der Waals surface area (Å²) >= 11 is 0. The lowest BCUT2D eigenvalue weighted by atomic mass is 10.1. The second-order valence-electron chi connectivity index (χ2n) is 5.50. The predicted molar refractivity (Wildman–Crippen MR) is 92.9 cm³/mol. The van der Waals surface area contributed by atoms with Gasteiger partial charge in [0.25, 0.3) is 0 Å². The van der Waals surface area contributed by atoms with E-state index in [2.05, 4.69) is 44.3 Å². The average molecular weight is 316 g/mol. The van der Waals surface area contributed by atoms with E-state index in [1.807, 2.05) is 34.9 Å². The lowest BCUT2D eigenvalue weighted by Gasteiger charge is -2.15. The average Bonchev–Trinajstić information content (AvgIpc) is 3.07. The van der Waals surface area contributed by atoms with E-state index in [1.165, 1.54) is 5.56 Å². The molecule has 0 spiro atoms. The van der Waals surface area contributed by atoms with Crippen molar-refractivity contribution in [1.29, 1.82) is 0 Å². The van der Waals surface area contributed by atoms with Crippen LogP contribution in [0.4, 0.5) is 5.82 Å². The molecule has 0 aliphatic carbocycles. The van der Waals surface area contributed by atoms with Gasteiger partial charge in [0.15, 0.2) is 11.5 Å². The second-order valence-corrected chi connectivity index (χ2v) is 5.50. The Kier molecular flexibility index (Phi) is 3.63. The number of aromatic nitrogens is 5. The van der Waals surface area contributed by atoms with Crippen LogP contribution in [0, 0.1) is 0 Å². The molecule has 0 radical (unpaired) electrons. The van der Waals surface area contributed by atoms with E-state index in [0.29, 0.717) is 11.6 Å². The molecule has 0 aliphatic heterocycles. The zero-order valence-electron chi connectivity index (χ0n) is 13.2. The summed E-state index contributed by atoms with van der Waals surface area (Å²) in [5.74, 6) is 1.39. The van der Waals surface area contributed by atoms with Gasteiger partial charge in [-0.25, -0.2) is 15.0 Å². The third-order valence-corrected chi connectivity index (χ3v) is 3.84. The molecule has 1 unspecified atom stereocenters. The zero-order chi connectivity index (χ0) is 16.4. The zero-order valence-corrected chi connectivity index (χ0v) is 13.2. The van der Waals surface area contributed by atoms with Crippen LogP contribution < -0.4 is 5.32 Å². The van der Waals surface area contributed by atoms with Crippen molar-refractivity contribution in [2.75, 3.05) is 5.32 Å². The van der Waals surface area contributed by atoms with E-state index < -0.39 is 0 Å². The van der Waals surface area contributed by atoms with Crippen molar-refractivity contribution in [3.05, 3.63) is 72.9 Å². The van der Waals surface area contributed by atoms with Crippen LogP contribution in [0.2, 0.25) is 0 Å². The number of hydrogen-bond donors (Lipinski definition) is 1. The minimum atomic E-state index is 0.133. The van der Waals surface area contributed by atoms with Gasteiger partial charge in [-0.05, 0) is 24.6 Å². The number of benzene rings is 1. The molecule has 0 aliphatic rings. The lowest BCUT2D eigenvalue weighted by Crippen LogP contribution is -2.09. The first-order valence-electron chi connectivity index (χ1n) is 7.73. The molecule has 0 bridgehead atoms. The van der Waals surface area contributed by atoms with Crippen molar-refractivity contribution >= 4 is 17.0 Å². The monoisotopic (exact) mass is 316 g/mol. The smallest absolute Gasteiger partial charge is 0.165 e. The SMILES string of the molecule is CC(Nc1cncc(-n2cnc3cccnc32)n1)c1ccccc1. The van der Waals surface area contributed by atoms with Crippen LogP contribution in [0.3, 0.4) is 0 Å². The Labute approximate surface area is 139 Å². The van der Waals surface area contributed by atoms with E-state index in [-0.39, 0.29) is 6.04 Å². The number of nitrogens with one attached hydrogen (secondary N) is 1. The fourth-order valence-electron chi connectivity index (χ4n) is 2.61. The highest BCUT2D eigenvalue weighted by atomic mass is 15.2. The number of rotatable bonds is 4. The fourth-order valence-corrected chi connectivity index (χ4v) is 2.61. The van der Waals surface area contributed by atoms with Gasteiger partial charge < -0.3 is 5.32 Å². The number of hydrogen-bond acceptors (Lipinski definition) is 5. The topological polar surface area (TPSA) is 68.5 Å². The molecular formula is C18H16N6. The highest BCUT2D eigenvalue weighted by Crippen LogP contribution is 2.19. The molecule has 3 heterocycles. The predicted octanol–water partition coefficient (Wildman–Crippen LogP) is 3.38. The van der Waals surface area contributed by atoms with Gasteiger partial charge in [0.05, 0.1) is 12.4 Å². The van der Waals surface area contributed by atoms with Crippen molar-refractivity contribution < 1.29 is 0 Å². The highest BCUT2D eigenvalue weighted by molar-refractivity contribution is 5.72. The Balaban J connectivity index is 1.64. The first-order valence-corrected chi connectivity index (χ1v) is 7.73. The van der Waals surface area contributed by atoms with Gasteiger partial charge in [-0.3, -0.25) is 9.55 Å². The molecule has 3 aromatic heterocycles. The van der Waals surface area contributed by atoms with E-state index in [1.54, 1.807) is 24.9 Å². The molecule has 1 N–H and O–H groups in total. The third kappa shape index (κ3) is 2.69. The van der Waals surface area contributed by atoms with Crippen LogP contribution in [-0.4, -0.2) is 24.5 Å². The second kappa shape index (κ2) is 6.08. The van der Waals surface area contributed by atoms with Crippen LogP contribution in [0.1, 0.15) is 18.5 Å². The van der Waals surface area contributed by atoms with E-state index >= 15 is 0 Å². The Morgan fingerprint density at radius 1 is 1.00 bits per heavy atom. The summed E-state index contributed by atoms with van der Waals surface area (Å²) < 4.78 is 1.83. The summed E-state index contributed by atoms with van der Waals surface area (Å²) in [7, 11) is 0. The van der Waals surface area contributed by atoms with Crippen molar-refractivity contribution in [3.8, 4) is 5.82 Å². The first-order chi connectivity index (χ1) is 11.8. The molecule has 6 heteroatoms. The normalized spacial score (nSPS) is 12.2. The highest BCUT2D eigenvalue weighted by Gasteiger charge is 2.09. The van der Waals surface area contributed by atoms with Crippen LogP contribution >= 0.6 is 0 Å². The Bertz CT molecular complexity index is 963. The minimum absolute atomic E-state index is 0.133. The molecule has 24 heavy (non-hydrogen) atoms. The molecule has 6 nitrogen and oxygen atoms in total. The summed E-state index contributed by atoms with van der Waals surface area (Å²) in [6.07, 6.45) is 6.88. The maximum absolute atomic E-state index is 4.64. The molecule has 0 fully saturated rings. The van der Waals surface area contributed by atoms with Crippen LogP contribution in [0.15, 0.2) is 67.4 Å². The molecule has 0 amide bonds. The van der Waals surface area contributed by atoms with Gasteiger partial charge >= 0.3 is 0 Å². The number of pyridine rings is 1. The van der Waals surface area contributed by atoms with Gasteiger partial charge in [-0.1, -0.05) is 30.3 Å². The quantitative estimate of drug-likeness (QED) is 0.625. The first kappa shape index (κ1) is 14.3. The van der Waals surface area contributed by atoms with Gasteiger partial charge in [0.1, 0.15) is 17.7 Å². The molecule has 118 valence electrons. The van der Waals surface area contributed by atoms with Crippen molar-refractivity contribution in [1.82, 2.24) is 24.5 Å². The standard InChI is InChI=1S/C18H16N6/c1-13(14-6-3-2-4-7-14)22-16-10-19-11-17(23-16)24-12-21-15-8-5-9-20-18(15)24/h2-13H,1H3,(H,22,23). The summed E-state index contributed by atoms with van der Waals surface area (Å²) in [6, 6.07) is 14.2. The van der Waals surface area contributed by atoms with Crippen molar-refractivity contribution in [3.63, 3.8) is 0 Å². The van der Waals surface area contributed by atoms with E-state index in [0.717, 1.165) is 11.2 Å². The van der Waals surface area contributed by atoms with Gasteiger partial charge in [0, 0.05) is 12.2 Å². The van der Waals surface area contributed by atoms with Crippen LogP contribution in [-0.2, 0) is 0 Å². The largest absolute Gasteiger partial charge is 0.362 e. The van der Waals surface area contributed by atoms with Crippen LogP contribution in [0.5, 0.6) is 0 Å². The fraction of sp³-hybridized carbons (Fsp3) is 0.111. The minimum Gasteiger partial charge on any atom is -0.362 e. The number of anilines is 1. The lowest BCUT2D eigenvalue weighted by molar-refractivity contribution is 0.864. The molecule has 4 rings (SSSR count). The molecule has 0 saturated carbocycles. The number of nitrogens with zero attached hydrogens (tertiary/aromatic N) is 5. The maximum Gasteiger partial charge on any atom is 0.165 e. The van der Waals surface area contributed by atoms with Crippen molar-refractivity contribution in [2.24, 2.45) is 0 Å². The molecule has 1 atom stereocenters. The third-order valence-electron chi connectivity index (χ3n) is 3.84. The van der Waals surface area contributed by atoms with E-state index in [4.69, 9.17) is 0 Å². The number of imidazole rings is 1. The summed E-state index contributed by atoms with van der Waals surface area (Å²) in [5, 5.41) is 3.38. The molecular weight excluding hydrogens is 300 g/mol. The summed E-state index contributed by atoms with van der Waals surface area (Å²) in [4.78, 5) is 17.6. The van der Waals surface area contributed by atoms with E-state index in [9.17, 15) is 0 Å². The Morgan fingerprint density at radius 2 is 1.88 bits per heavy atom. The Morgan fingerprint density at radius 3 is 2.75 bits per heavy atom. The summed E-state index contributed by atoms with van der Waals surface area (Å²) in [5.41, 5.74) is 2.79. The molecule has 1 aromatic carbocycles. The molecule has 0 saturated heterocycles. The van der Waals surface area contributed by atoms with Crippen LogP contribution in [0.25, 0.3) is 17.0 Å². The van der Waals surface area contributed by atoms with Crippen molar-refractivity contribution in [2.45, 2.75) is 13.0 Å². The maximum atomic E-state index is 4.64. The Hall–Kier alpha value is -3.28. The molecule has 4 aromatic rings. The van der Waals surface area contributed by atoms with Gasteiger partial charge in [-0.2, -0.15) is 0 Å². The van der Waals surface area contributed by atoms with Gasteiger partial charge in [-0.15, -0.1) is 0 Å². The number of fused-ring (bicyclic) bond motifs is 1.